The summed E-state index contributed by atoms with van der Waals surface area (Å²) in [5.74, 6) is 0.394. The number of nitrogens with zero attached hydrogens (tertiary/aromatic N) is 1. The van der Waals surface area contributed by atoms with E-state index >= 15 is 0 Å². The van der Waals surface area contributed by atoms with Gasteiger partial charge in [-0.15, -0.1) is 0 Å². The molecular weight excluding hydrogens is 214 g/mol. The summed E-state index contributed by atoms with van der Waals surface area (Å²) >= 11 is 0. The van der Waals surface area contributed by atoms with Crippen LogP contribution >= 0.6 is 0 Å². The Balaban J connectivity index is 1.91. The number of rotatable bonds is 5. The van der Waals surface area contributed by atoms with Crippen molar-refractivity contribution in [3.63, 3.8) is 0 Å². The lowest BCUT2D eigenvalue weighted by atomic mass is 9.69. The van der Waals surface area contributed by atoms with E-state index in [1.807, 2.05) is 0 Å². The van der Waals surface area contributed by atoms with Gasteiger partial charge in [-0.05, 0) is 37.0 Å². The number of hydrogen-bond donors (Lipinski definition) is 2. The highest BCUT2D eigenvalue weighted by atomic mass is 16.3. The van der Waals surface area contributed by atoms with Crippen molar-refractivity contribution in [3.8, 4) is 0 Å². The van der Waals surface area contributed by atoms with E-state index in [1.165, 1.54) is 19.3 Å². The molecule has 2 N–H and O–H groups in total. The van der Waals surface area contributed by atoms with Crippen LogP contribution in [-0.4, -0.2) is 47.0 Å². The van der Waals surface area contributed by atoms with Crippen LogP contribution in [0.2, 0.25) is 0 Å². The second kappa shape index (κ2) is 5.25. The van der Waals surface area contributed by atoms with Gasteiger partial charge in [0, 0.05) is 19.1 Å². The molecule has 0 spiro atoms. The molecule has 0 bridgehead atoms. The third-order valence-electron chi connectivity index (χ3n) is 4.56. The van der Waals surface area contributed by atoms with Crippen molar-refractivity contribution in [1.82, 2.24) is 4.90 Å². The van der Waals surface area contributed by atoms with Crippen LogP contribution in [0.15, 0.2) is 0 Å². The Bertz CT molecular complexity index is 251. The van der Waals surface area contributed by atoms with Crippen LogP contribution in [0.5, 0.6) is 0 Å². The minimum Gasteiger partial charge on any atom is -0.395 e. The molecule has 2 saturated carbocycles. The highest BCUT2D eigenvalue weighted by Gasteiger charge is 2.40. The Kier molecular flexibility index (Phi) is 4.11. The summed E-state index contributed by atoms with van der Waals surface area (Å²) < 4.78 is 0. The first-order valence-electron chi connectivity index (χ1n) is 7.07. The van der Waals surface area contributed by atoms with Crippen LogP contribution in [0.3, 0.4) is 0 Å². The zero-order valence-corrected chi connectivity index (χ0v) is 11.2. The Morgan fingerprint density at radius 3 is 2.53 bits per heavy atom. The Morgan fingerprint density at radius 1 is 1.24 bits per heavy atom. The van der Waals surface area contributed by atoms with Crippen LogP contribution in [-0.2, 0) is 0 Å². The van der Waals surface area contributed by atoms with Crippen LogP contribution in [0.4, 0.5) is 0 Å². The maximum absolute atomic E-state index is 10.4. The van der Waals surface area contributed by atoms with Crippen molar-refractivity contribution in [2.45, 2.75) is 58.1 Å². The van der Waals surface area contributed by atoms with Gasteiger partial charge in [-0.1, -0.05) is 20.3 Å². The first kappa shape index (κ1) is 13.3. The van der Waals surface area contributed by atoms with Crippen molar-refractivity contribution in [1.29, 1.82) is 0 Å². The lowest BCUT2D eigenvalue weighted by molar-refractivity contribution is -0.0447. The quantitative estimate of drug-likeness (QED) is 0.769. The van der Waals surface area contributed by atoms with E-state index in [4.69, 9.17) is 5.11 Å². The topological polar surface area (TPSA) is 43.7 Å². The van der Waals surface area contributed by atoms with E-state index in [0.29, 0.717) is 12.0 Å². The molecule has 0 amide bonds. The lowest BCUT2D eigenvalue weighted by Crippen LogP contribution is -2.46. The van der Waals surface area contributed by atoms with Gasteiger partial charge in [0.2, 0.25) is 0 Å². The van der Waals surface area contributed by atoms with Crippen LogP contribution in [0.1, 0.15) is 46.0 Å². The van der Waals surface area contributed by atoms with Gasteiger partial charge in [0.05, 0.1) is 12.7 Å². The maximum atomic E-state index is 10.4. The summed E-state index contributed by atoms with van der Waals surface area (Å²) in [4.78, 5) is 2.38. The molecule has 0 saturated heterocycles. The zero-order valence-electron chi connectivity index (χ0n) is 11.2. The molecule has 0 aromatic rings. The van der Waals surface area contributed by atoms with Gasteiger partial charge >= 0.3 is 0 Å². The molecule has 17 heavy (non-hydrogen) atoms. The SMILES string of the molecule is CC1(C)CCCC(CN(CCO)C2CC2)C1O. The van der Waals surface area contributed by atoms with Gasteiger partial charge in [0.25, 0.3) is 0 Å². The second-order valence-electron chi connectivity index (χ2n) is 6.54. The predicted octanol–water partition coefficient (Wildman–Crippen LogP) is 1.63. The summed E-state index contributed by atoms with van der Waals surface area (Å²) in [5.41, 5.74) is 0.0668. The molecule has 0 radical (unpaired) electrons. The summed E-state index contributed by atoms with van der Waals surface area (Å²) in [6, 6.07) is 0.680. The zero-order chi connectivity index (χ0) is 12.5. The normalized spacial score (nSPS) is 33.0. The molecule has 3 heteroatoms. The second-order valence-corrected chi connectivity index (χ2v) is 6.54. The van der Waals surface area contributed by atoms with Crippen LogP contribution < -0.4 is 0 Å². The van der Waals surface area contributed by atoms with E-state index in [1.54, 1.807) is 0 Å². The molecule has 3 nitrogen and oxygen atoms in total. The Morgan fingerprint density at radius 2 is 1.94 bits per heavy atom. The fraction of sp³-hybridized carbons (Fsp3) is 1.00. The summed E-state index contributed by atoms with van der Waals surface area (Å²) in [7, 11) is 0. The molecule has 2 aliphatic rings. The molecule has 2 aliphatic carbocycles. The van der Waals surface area contributed by atoms with Crippen molar-refractivity contribution in [3.05, 3.63) is 0 Å². The summed E-state index contributed by atoms with van der Waals surface area (Å²) in [5, 5.41) is 19.5. The minimum absolute atomic E-state index is 0.0668. The molecule has 2 rings (SSSR count). The van der Waals surface area contributed by atoms with E-state index < -0.39 is 0 Å². The minimum atomic E-state index is -0.184. The third-order valence-corrected chi connectivity index (χ3v) is 4.56. The molecule has 0 aromatic carbocycles. The number of aliphatic hydroxyl groups excluding tert-OH is 2. The van der Waals surface area contributed by atoms with Crippen molar-refractivity contribution >= 4 is 0 Å². The molecule has 2 atom stereocenters. The standard InChI is InChI=1S/C14H27NO2/c1-14(2)7-3-4-11(13(14)17)10-15(8-9-16)12-5-6-12/h11-13,16-17H,3-10H2,1-2H3. The average molecular weight is 241 g/mol. The molecular formula is C14H27NO2. The van der Waals surface area contributed by atoms with Crippen molar-refractivity contribution in [2.24, 2.45) is 11.3 Å². The Labute approximate surface area is 105 Å². The smallest absolute Gasteiger partial charge is 0.0631 e. The van der Waals surface area contributed by atoms with Gasteiger partial charge < -0.3 is 10.2 Å². The fourth-order valence-electron chi connectivity index (χ4n) is 3.25. The number of hydrogen-bond acceptors (Lipinski definition) is 3. The fourth-order valence-corrected chi connectivity index (χ4v) is 3.25. The molecule has 2 fully saturated rings. The van der Waals surface area contributed by atoms with E-state index in [2.05, 4.69) is 18.7 Å². The van der Waals surface area contributed by atoms with Gasteiger partial charge in [0.15, 0.2) is 0 Å². The molecule has 0 aliphatic heterocycles. The highest BCUT2D eigenvalue weighted by molar-refractivity contribution is 4.92. The first-order chi connectivity index (χ1) is 8.04. The Hall–Kier alpha value is -0.120. The van der Waals surface area contributed by atoms with E-state index in [9.17, 15) is 5.11 Å². The van der Waals surface area contributed by atoms with Crippen LogP contribution in [0.25, 0.3) is 0 Å². The maximum Gasteiger partial charge on any atom is 0.0631 e. The van der Waals surface area contributed by atoms with E-state index in [-0.39, 0.29) is 18.1 Å². The van der Waals surface area contributed by atoms with Gasteiger partial charge in [-0.25, -0.2) is 0 Å². The number of aliphatic hydroxyl groups is 2. The van der Waals surface area contributed by atoms with Gasteiger partial charge in [-0.2, -0.15) is 0 Å². The summed E-state index contributed by atoms with van der Waals surface area (Å²) in [6.07, 6.45) is 5.86. The molecule has 2 unspecified atom stereocenters. The molecule has 0 heterocycles. The lowest BCUT2D eigenvalue weighted by Gasteiger charge is -2.42. The highest BCUT2D eigenvalue weighted by Crippen LogP contribution is 2.40. The average Bonchev–Trinajstić information content (AvgIpc) is 3.07. The van der Waals surface area contributed by atoms with E-state index in [0.717, 1.165) is 25.9 Å². The monoisotopic (exact) mass is 241 g/mol. The van der Waals surface area contributed by atoms with Gasteiger partial charge in [0.1, 0.15) is 0 Å². The first-order valence-corrected chi connectivity index (χ1v) is 7.07. The molecule has 100 valence electrons. The van der Waals surface area contributed by atoms with Gasteiger partial charge in [-0.3, -0.25) is 4.90 Å². The predicted molar refractivity (Wildman–Crippen MR) is 68.8 cm³/mol. The van der Waals surface area contributed by atoms with Crippen molar-refractivity contribution < 1.29 is 10.2 Å². The third kappa shape index (κ3) is 3.21. The van der Waals surface area contributed by atoms with Crippen molar-refractivity contribution in [2.75, 3.05) is 19.7 Å². The van der Waals surface area contributed by atoms with Crippen LogP contribution in [0, 0.1) is 11.3 Å². The largest absolute Gasteiger partial charge is 0.395 e. The summed E-state index contributed by atoms with van der Waals surface area (Å²) in [6.45, 7) is 6.33. The molecule has 0 aromatic heterocycles.